The molecule has 1 aliphatic rings. The zero-order chi connectivity index (χ0) is 15.8. The maximum atomic E-state index is 12.2. The quantitative estimate of drug-likeness (QED) is 0.680. The maximum absolute atomic E-state index is 12.2. The molecule has 3 aromatic rings. The van der Waals surface area contributed by atoms with Crippen molar-refractivity contribution in [3.8, 4) is 5.69 Å². The van der Waals surface area contributed by atoms with E-state index in [2.05, 4.69) is 20.4 Å². The molecule has 1 aromatic carbocycles. The van der Waals surface area contributed by atoms with Gasteiger partial charge < -0.3 is 10.4 Å². The number of hydrogen-bond acceptors (Lipinski definition) is 5. The van der Waals surface area contributed by atoms with Crippen LogP contribution in [0.5, 0.6) is 0 Å². The van der Waals surface area contributed by atoms with Crippen LogP contribution in [0.15, 0.2) is 41.3 Å². The summed E-state index contributed by atoms with van der Waals surface area (Å²) in [5, 5.41) is 17.8. The first-order chi connectivity index (χ1) is 11.2. The van der Waals surface area contributed by atoms with Gasteiger partial charge in [0.15, 0.2) is 5.65 Å². The summed E-state index contributed by atoms with van der Waals surface area (Å²) in [6.07, 6.45) is 3.71. The van der Waals surface area contributed by atoms with E-state index in [0.717, 1.165) is 24.9 Å². The smallest absolute Gasteiger partial charge is 0.263 e. The van der Waals surface area contributed by atoms with E-state index in [-0.39, 0.29) is 11.6 Å². The van der Waals surface area contributed by atoms with Crippen LogP contribution in [0.4, 0.5) is 5.95 Å². The largest absolute Gasteiger partial charge is 0.391 e. The molecule has 2 atom stereocenters. The molecule has 1 aliphatic carbocycles. The number of aliphatic hydroxyl groups excluding tert-OH is 1. The highest BCUT2D eigenvalue weighted by atomic mass is 16.3. The van der Waals surface area contributed by atoms with Gasteiger partial charge in [0.1, 0.15) is 5.39 Å². The Morgan fingerprint density at radius 1 is 1.26 bits per heavy atom. The summed E-state index contributed by atoms with van der Waals surface area (Å²) in [6, 6.07) is 9.47. The predicted molar refractivity (Wildman–Crippen MR) is 86.8 cm³/mol. The number of aromatic amines is 1. The molecule has 4 rings (SSSR count). The van der Waals surface area contributed by atoms with Crippen molar-refractivity contribution in [3.63, 3.8) is 0 Å². The second-order valence-corrected chi connectivity index (χ2v) is 5.79. The Hall–Kier alpha value is -2.67. The number of anilines is 1. The van der Waals surface area contributed by atoms with Gasteiger partial charge in [0.25, 0.3) is 5.56 Å². The fourth-order valence-corrected chi connectivity index (χ4v) is 3.03. The lowest BCUT2D eigenvalue weighted by molar-refractivity contribution is 0.171. The molecule has 2 heterocycles. The van der Waals surface area contributed by atoms with Crippen LogP contribution in [0.3, 0.4) is 0 Å². The lowest BCUT2D eigenvalue weighted by atomic mass is 10.2. The SMILES string of the molecule is O=c1[nH]c(N[C@H]2CCC[C@H]2O)nc2c1cnn2-c1ccccc1. The van der Waals surface area contributed by atoms with Gasteiger partial charge in [-0.1, -0.05) is 18.2 Å². The minimum Gasteiger partial charge on any atom is -0.391 e. The molecule has 0 amide bonds. The molecular formula is C16H17N5O2. The fraction of sp³-hybridized carbons (Fsp3) is 0.312. The molecule has 0 aliphatic heterocycles. The number of nitrogens with one attached hydrogen (secondary N) is 2. The van der Waals surface area contributed by atoms with Crippen molar-refractivity contribution in [1.29, 1.82) is 0 Å². The highest BCUT2D eigenvalue weighted by Gasteiger charge is 2.25. The molecule has 0 saturated heterocycles. The summed E-state index contributed by atoms with van der Waals surface area (Å²) in [5.74, 6) is 0.367. The molecule has 2 aromatic heterocycles. The van der Waals surface area contributed by atoms with Gasteiger partial charge in [0, 0.05) is 0 Å². The summed E-state index contributed by atoms with van der Waals surface area (Å²) >= 11 is 0. The lowest BCUT2D eigenvalue weighted by Crippen LogP contribution is -2.30. The van der Waals surface area contributed by atoms with Crippen molar-refractivity contribution in [3.05, 3.63) is 46.9 Å². The second-order valence-electron chi connectivity index (χ2n) is 5.79. The standard InChI is InChI=1S/C16H17N5O2/c22-13-8-4-7-12(13)18-16-19-14-11(15(23)20-16)9-17-21(14)10-5-2-1-3-6-10/h1-3,5-6,9,12-13,22H,4,7-8H2,(H2,18,19,20,23)/t12-,13+/m0/s1. The van der Waals surface area contributed by atoms with E-state index in [4.69, 9.17) is 0 Å². The van der Waals surface area contributed by atoms with Crippen LogP contribution in [0.25, 0.3) is 16.7 Å². The van der Waals surface area contributed by atoms with Crippen LogP contribution in [-0.2, 0) is 0 Å². The molecule has 118 valence electrons. The molecule has 1 saturated carbocycles. The third kappa shape index (κ3) is 2.49. The van der Waals surface area contributed by atoms with Crippen molar-refractivity contribution < 1.29 is 5.11 Å². The molecule has 1 fully saturated rings. The average molecular weight is 311 g/mol. The van der Waals surface area contributed by atoms with Crippen molar-refractivity contribution in [2.45, 2.75) is 31.4 Å². The Balaban J connectivity index is 1.78. The highest BCUT2D eigenvalue weighted by molar-refractivity contribution is 5.76. The van der Waals surface area contributed by atoms with E-state index < -0.39 is 6.10 Å². The first-order valence-electron chi connectivity index (χ1n) is 7.70. The number of fused-ring (bicyclic) bond motifs is 1. The Bertz CT molecular complexity index is 886. The minimum atomic E-state index is -0.407. The Kier molecular flexibility index (Phi) is 3.34. The number of rotatable bonds is 3. The molecular weight excluding hydrogens is 294 g/mol. The summed E-state index contributed by atoms with van der Waals surface area (Å²) < 4.78 is 1.64. The molecule has 7 nitrogen and oxygen atoms in total. The van der Waals surface area contributed by atoms with E-state index in [1.807, 2.05) is 30.3 Å². The van der Waals surface area contributed by atoms with Gasteiger partial charge in [-0.2, -0.15) is 10.1 Å². The van der Waals surface area contributed by atoms with Crippen molar-refractivity contribution in [1.82, 2.24) is 19.7 Å². The monoisotopic (exact) mass is 311 g/mol. The Labute approximate surface area is 132 Å². The van der Waals surface area contributed by atoms with E-state index in [9.17, 15) is 9.90 Å². The van der Waals surface area contributed by atoms with Gasteiger partial charge in [0.05, 0.1) is 24.0 Å². The van der Waals surface area contributed by atoms with Crippen LogP contribution in [-0.4, -0.2) is 37.0 Å². The number of aromatic nitrogens is 4. The third-order valence-electron chi connectivity index (χ3n) is 4.24. The van der Waals surface area contributed by atoms with Crippen molar-refractivity contribution in [2.75, 3.05) is 5.32 Å². The molecule has 0 spiro atoms. The van der Waals surface area contributed by atoms with E-state index in [0.29, 0.717) is 17.0 Å². The highest BCUT2D eigenvalue weighted by Crippen LogP contribution is 2.22. The zero-order valence-electron chi connectivity index (χ0n) is 12.4. The van der Waals surface area contributed by atoms with Gasteiger partial charge in [0.2, 0.25) is 5.95 Å². The molecule has 0 unspecified atom stereocenters. The number of benzene rings is 1. The minimum absolute atomic E-state index is 0.0799. The van der Waals surface area contributed by atoms with Crippen LogP contribution in [0.1, 0.15) is 19.3 Å². The average Bonchev–Trinajstić information content (AvgIpc) is 3.15. The van der Waals surface area contributed by atoms with Crippen LogP contribution in [0, 0.1) is 0 Å². The van der Waals surface area contributed by atoms with Gasteiger partial charge in [-0.25, -0.2) is 4.68 Å². The van der Waals surface area contributed by atoms with Gasteiger partial charge in [-0.3, -0.25) is 9.78 Å². The topological polar surface area (TPSA) is 95.8 Å². The first-order valence-corrected chi connectivity index (χ1v) is 7.70. The third-order valence-corrected chi connectivity index (χ3v) is 4.24. The summed E-state index contributed by atoms with van der Waals surface area (Å²) in [6.45, 7) is 0. The number of nitrogens with zero attached hydrogens (tertiary/aromatic N) is 3. The lowest BCUT2D eigenvalue weighted by Gasteiger charge is -2.16. The summed E-state index contributed by atoms with van der Waals surface area (Å²) in [5.41, 5.74) is 1.09. The Morgan fingerprint density at radius 2 is 2.09 bits per heavy atom. The van der Waals surface area contributed by atoms with Crippen LogP contribution in [0.2, 0.25) is 0 Å². The number of H-pyrrole nitrogens is 1. The molecule has 0 radical (unpaired) electrons. The first kappa shape index (κ1) is 14.0. The second kappa shape index (κ2) is 5.51. The number of aliphatic hydroxyl groups is 1. The molecule has 7 heteroatoms. The van der Waals surface area contributed by atoms with Gasteiger partial charge in [-0.15, -0.1) is 0 Å². The van der Waals surface area contributed by atoms with E-state index in [1.165, 1.54) is 6.20 Å². The van der Waals surface area contributed by atoms with Gasteiger partial charge in [-0.05, 0) is 31.4 Å². The number of hydrogen-bond donors (Lipinski definition) is 3. The summed E-state index contributed by atoms with van der Waals surface area (Å²) in [7, 11) is 0. The van der Waals surface area contributed by atoms with Crippen molar-refractivity contribution >= 4 is 17.0 Å². The van der Waals surface area contributed by atoms with Crippen LogP contribution < -0.4 is 10.9 Å². The van der Waals surface area contributed by atoms with Crippen molar-refractivity contribution in [2.24, 2.45) is 0 Å². The predicted octanol–water partition coefficient (Wildman–Crippen LogP) is 1.43. The zero-order valence-corrected chi connectivity index (χ0v) is 12.4. The molecule has 0 bridgehead atoms. The normalized spacial score (nSPS) is 20.9. The Morgan fingerprint density at radius 3 is 2.83 bits per heavy atom. The molecule has 3 N–H and O–H groups in total. The number of para-hydroxylation sites is 1. The fourth-order valence-electron chi connectivity index (χ4n) is 3.03. The van der Waals surface area contributed by atoms with Gasteiger partial charge >= 0.3 is 0 Å². The maximum Gasteiger partial charge on any atom is 0.263 e. The summed E-state index contributed by atoms with van der Waals surface area (Å²) in [4.78, 5) is 19.5. The van der Waals surface area contributed by atoms with E-state index in [1.54, 1.807) is 4.68 Å². The van der Waals surface area contributed by atoms with E-state index >= 15 is 0 Å². The molecule has 23 heavy (non-hydrogen) atoms. The van der Waals surface area contributed by atoms with Crippen LogP contribution >= 0.6 is 0 Å².